The Balaban J connectivity index is 2.17. The van der Waals surface area contributed by atoms with Crippen LogP contribution in [0.15, 0.2) is 0 Å². The largest absolute Gasteiger partial charge is 0.393 e. The van der Waals surface area contributed by atoms with Crippen LogP contribution < -0.4 is 10.6 Å². The summed E-state index contributed by atoms with van der Waals surface area (Å²) in [6.07, 6.45) is 2.71. The SMILES string of the molecule is CNC(=O)C(C)NCC1CCC(O)C1. The van der Waals surface area contributed by atoms with Crippen molar-refractivity contribution in [3.8, 4) is 0 Å². The number of carbonyl (C=O) groups excluding carboxylic acids is 1. The summed E-state index contributed by atoms with van der Waals surface area (Å²) >= 11 is 0. The van der Waals surface area contributed by atoms with Gasteiger partial charge in [-0.3, -0.25) is 4.79 Å². The first-order chi connectivity index (χ1) is 6.63. The molecule has 0 aromatic rings. The van der Waals surface area contributed by atoms with E-state index in [4.69, 9.17) is 0 Å². The topological polar surface area (TPSA) is 61.4 Å². The summed E-state index contributed by atoms with van der Waals surface area (Å²) in [4.78, 5) is 11.2. The van der Waals surface area contributed by atoms with Crippen LogP contribution in [-0.4, -0.2) is 36.8 Å². The molecular formula is C10H20N2O2. The molecule has 3 unspecified atom stereocenters. The predicted octanol–water partition coefficient (Wildman–Crippen LogP) is -0.128. The van der Waals surface area contributed by atoms with Crippen LogP contribution in [0.25, 0.3) is 0 Å². The van der Waals surface area contributed by atoms with Gasteiger partial charge in [0.1, 0.15) is 0 Å². The van der Waals surface area contributed by atoms with Crippen LogP contribution in [0.3, 0.4) is 0 Å². The highest BCUT2D eigenvalue weighted by molar-refractivity contribution is 5.80. The van der Waals surface area contributed by atoms with Crippen LogP contribution in [0.2, 0.25) is 0 Å². The lowest BCUT2D eigenvalue weighted by Gasteiger charge is -2.15. The third-order valence-electron chi connectivity index (χ3n) is 2.87. The van der Waals surface area contributed by atoms with Crippen molar-refractivity contribution in [2.45, 2.75) is 38.3 Å². The highest BCUT2D eigenvalue weighted by Gasteiger charge is 2.23. The number of nitrogens with one attached hydrogen (secondary N) is 2. The van der Waals surface area contributed by atoms with Gasteiger partial charge >= 0.3 is 0 Å². The summed E-state index contributed by atoms with van der Waals surface area (Å²) < 4.78 is 0. The van der Waals surface area contributed by atoms with Crippen LogP contribution in [0.1, 0.15) is 26.2 Å². The lowest BCUT2D eigenvalue weighted by atomic mass is 10.1. The van der Waals surface area contributed by atoms with Gasteiger partial charge in [-0.05, 0) is 38.6 Å². The molecule has 14 heavy (non-hydrogen) atoms. The lowest BCUT2D eigenvalue weighted by molar-refractivity contribution is -0.122. The molecule has 0 aliphatic heterocycles. The Morgan fingerprint density at radius 1 is 1.57 bits per heavy atom. The molecule has 0 aromatic heterocycles. The van der Waals surface area contributed by atoms with Gasteiger partial charge in [0, 0.05) is 7.05 Å². The van der Waals surface area contributed by atoms with Gasteiger partial charge in [-0.15, -0.1) is 0 Å². The molecule has 0 aromatic carbocycles. The molecule has 0 bridgehead atoms. The third kappa shape index (κ3) is 3.27. The monoisotopic (exact) mass is 200 g/mol. The van der Waals surface area contributed by atoms with Crippen molar-refractivity contribution in [1.29, 1.82) is 0 Å². The van der Waals surface area contributed by atoms with E-state index < -0.39 is 0 Å². The van der Waals surface area contributed by atoms with E-state index >= 15 is 0 Å². The molecule has 1 aliphatic rings. The summed E-state index contributed by atoms with van der Waals surface area (Å²) in [6.45, 7) is 2.68. The first kappa shape index (κ1) is 11.5. The van der Waals surface area contributed by atoms with Gasteiger partial charge in [0.2, 0.25) is 5.91 Å². The smallest absolute Gasteiger partial charge is 0.236 e. The van der Waals surface area contributed by atoms with E-state index in [0.717, 1.165) is 25.8 Å². The zero-order chi connectivity index (χ0) is 10.6. The molecule has 1 saturated carbocycles. The van der Waals surface area contributed by atoms with Crippen LogP contribution in [0.4, 0.5) is 0 Å². The zero-order valence-electron chi connectivity index (χ0n) is 8.92. The maximum absolute atomic E-state index is 11.2. The van der Waals surface area contributed by atoms with Crippen molar-refractivity contribution in [1.82, 2.24) is 10.6 Å². The second-order valence-corrected chi connectivity index (χ2v) is 4.08. The molecule has 0 radical (unpaired) electrons. The Bertz CT molecular complexity index is 197. The van der Waals surface area contributed by atoms with Crippen molar-refractivity contribution in [3.63, 3.8) is 0 Å². The number of hydrogen-bond acceptors (Lipinski definition) is 3. The quantitative estimate of drug-likeness (QED) is 0.592. The van der Waals surface area contributed by atoms with E-state index in [9.17, 15) is 9.90 Å². The van der Waals surface area contributed by atoms with Crippen LogP contribution in [-0.2, 0) is 4.79 Å². The molecule has 0 spiro atoms. The molecule has 3 N–H and O–H groups in total. The van der Waals surface area contributed by atoms with Crippen molar-refractivity contribution < 1.29 is 9.90 Å². The number of aliphatic hydroxyl groups excluding tert-OH is 1. The first-order valence-corrected chi connectivity index (χ1v) is 5.26. The maximum Gasteiger partial charge on any atom is 0.236 e. The number of rotatable bonds is 4. The average molecular weight is 200 g/mol. The van der Waals surface area contributed by atoms with Gasteiger partial charge in [-0.25, -0.2) is 0 Å². The second kappa shape index (κ2) is 5.32. The third-order valence-corrected chi connectivity index (χ3v) is 2.87. The molecule has 1 rings (SSSR count). The minimum atomic E-state index is -0.141. The molecule has 4 nitrogen and oxygen atoms in total. The number of hydrogen-bond donors (Lipinski definition) is 3. The van der Waals surface area contributed by atoms with Crippen LogP contribution >= 0.6 is 0 Å². The molecule has 1 aliphatic carbocycles. The molecule has 1 fully saturated rings. The Morgan fingerprint density at radius 3 is 2.79 bits per heavy atom. The van der Waals surface area contributed by atoms with E-state index in [0.29, 0.717) is 5.92 Å². The lowest BCUT2D eigenvalue weighted by Crippen LogP contribution is -2.42. The van der Waals surface area contributed by atoms with E-state index in [-0.39, 0.29) is 18.1 Å². The number of amides is 1. The predicted molar refractivity (Wildman–Crippen MR) is 54.9 cm³/mol. The Morgan fingerprint density at radius 2 is 2.29 bits per heavy atom. The zero-order valence-corrected chi connectivity index (χ0v) is 8.92. The molecule has 0 saturated heterocycles. The summed E-state index contributed by atoms with van der Waals surface area (Å²) in [5.74, 6) is 0.542. The summed E-state index contributed by atoms with van der Waals surface area (Å²) in [5, 5.41) is 15.1. The molecular weight excluding hydrogens is 180 g/mol. The van der Waals surface area contributed by atoms with Crippen molar-refractivity contribution in [2.24, 2.45) is 5.92 Å². The minimum absolute atomic E-state index is 0.0172. The Hall–Kier alpha value is -0.610. The number of likely N-dealkylation sites (N-methyl/N-ethyl adjacent to an activating group) is 1. The Kier molecular flexibility index (Phi) is 4.35. The van der Waals surface area contributed by atoms with Gasteiger partial charge in [0.05, 0.1) is 12.1 Å². The van der Waals surface area contributed by atoms with Crippen molar-refractivity contribution >= 4 is 5.91 Å². The maximum atomic E-state index is 11.2. The van der Waals surface area contributed by atoms with E-state index in [1.54, 1.807) is 7.05 Å². The van der Waals surface area contributed by atoms with Gasteiger partial charge in [-0.2, -0.15) is 0 Å². The van der Waals surface area contributed by atoms with E-state index in [1.807, 2.05) is 6.92 Å². The molecule has 1 amide bonds. The van der Waals surface area contributed by atoms with Crippen molar-refractivity contribution in [2.75, 3.05) is 13.6 Å². The van der Waals surface area contributed by atoms with Crippen molar-refractivity contribution in [3.05, 3.63) is 0 Å². The van der Waals surface area contributed by atoms with Gasteiger partial charge in [0.25, 0.3) is 0 Å². The summed E-state index contributed by atoms with van der Waals surface area (Å²) in [5.41, 5.74) is 0. The Labute approximate surface area is 85.1 Å². The van der Waals surface area contributed by atoms with E-state index in [1.165, 1.54) is 0 Å². The first-order valence-electron chi connectivity index (χ1n) is 5.26. The fraction of sp³-hybridized carbons (Fsp3) is 0.900. The molecule has 3 atom stereocenters. The second-order valence-electron chi connectivity index (χ2n) is 4.08. The standard InChI is InChI=1S/C10H20N2O2/c1-7(10(14)11-2)12-6-8-3-4-9(13)5-8/h7-9,12-13H,3-6H2,1-2H3,(H,11,14). The highest BCUT2D eigenvalue weighted by Crippen LogP contribution is 2.24. The average Bonchev–Trinajstić information content (AvgIpc) is 2.59. The molecule has 82 valence electrons. The summed E-state index contributed by atoms with van der Waals surface area (Å²) in [7, 11) is 1.64. The van der Waals surface area contributed by atoms with E-state index in [2.05, 4.69) is 10.6 Å². The molecule has 0 heterocycles. The van der Waals surface area contributed by atoms with Crippen LogP contribution in [0, 0.1) is 5.92 Å². The minimum Gasteiger partial charge on any atom is -0.393 e. The fourth-order valence-corrected chi connectivity index (χ4v) is 1.89. The fourth-order valence-electron chi connectivity index (χ4n) is 1.89. The normalized spacial score (nSPS) is 28.8. The van der Waals surface area contributed by atoms with Gasteiger partial charge < -0.3 is 15.7 Å². The van der Waals surface area contributed by atoms with Crippen LogP contribution in [0.5, 0.6) is 0 Å². The number of aliphatic hydroxyl groups is 1. The highest BCUT2D eigenvalue weighted by atomic mass is 16.3. The molecule has 4 heteroatoms. The summed E-state index contributed by atoms with van der Waals surface area (Å²) in [6, 6.07) is -0.141. The van der Waals surface area contributed by atoms with Gasteiger partial charge in [0.15, 0.2) is 0 Å². The van der Waals surface area contributed by atoms with Gasteiger partial charge in [-0.1, -0.05) is 0 Å². The number of carbonyl (C=O) groups is 1.